The van der Waals surface area contributed by atoms with Gasteiger partial charge in [0.05, 0.1) is 15.3 Å². The van der Waals surface area contributed by atoms with E-state index < -0.39 is 15.9 Å². The Bertz CT molecular complexity index is 1480. The van der Waals surface area contributed by atoms with Crippen LogP contribution in [0.25, 0.3) is 15.9 Å². The van der Waals surface area contributed by atoms with Crippen LogP contribution in [0.15, 0.2) is 58.4 Å². The molecular weight excluding hydrogens is 448 g/mol. The molecule has 0 aliphatic carbocycles. The summed E-state index contributed by atoms with van der Waals surface area (Å²) in [6.07, 6.45) is 1.61. The summed E-state index contributed by atoms with van der Waals surface area (Å²) in [6.45, 7) is 0. The second-order valence-corrected chi connectivity index (χ2v) is 10.1. The average molecular weight is 463 g/mol. The number of nitrogens with one attached hydrogen (secondary N) is 1. The number of aromatic nitrogens is 2. The molecule has 3 heterocycles. The zero-order valence-corrected chi connectivity index (χ0v) is 18.2. The molecule has 1 N–H and O–H groups in total. The molecule has 11 heteroatoms. The molecule has 30 heavy (non-hydrogen) atoms. The van der Waals surface area contributed by atoms with Crippen molar-refractivity contribution in [3.8, 4) is 0 Å². The molecule has 3 aromatic heterocycles. The fraction of sp³-hybridized carbons (Fsp3) is 0.105. The van der Waals surface area contributed by atoms with E-state index in [1.165, 1.54) is 42.8 Å². The van der Waals surface area contributed by atoms with Crippen molar-refractivity contribution in [2.24, 2.45) is 0 Å². The number of amides is 1. The number of hydrogen-bond donors (Lipinski definition) is 1. The van der Waals surface area contributed by atoms with E-state index in [1.54, 1.807) is 24.4 Å². The van der Waals surface area contributed by atoms with E-state index in [9.17, 15) is 18.0 Å². The molecule has 0 bridgehead atoms. The van der Waals surface area contributed by atoms with Gasteiger partial charge in [-0.05, 0) is 36.4 Å². The minimum Gasteiger partial charge on any atom is -0.321 e. The van der Waals surface area contributed by atoms with Crippen LogP contribution in [-0.4, -0.2) is 42.1 Å². The number of thiophene rings is 1. The van der Waals surface area contributed by atoms with Crippen LogP contribution in [0, 0.1) is 0 Å². The van der Waals surface area contributed by atoms with Gasteiger partial charge in [-0.1, -0.05) is 17.7 Å². The standard InChI is InChI=1S/C19H15ClN4O4S2/c1-23(2)30(27,28)15-9-11(6-7-13(15)20)21-17(25)14-10-12-18(29-14)22-16-5-3-4-8-24(16)19(12)26/h3-10H,1-2H3,(H,21,25). The third-order valence-corrected chi connectivity index (χ3v) is 7.71. The smallest absolute Gasteiger partial charge is 0.266 e. The monoisotopic (exact) mass is 462 g/mol. The second-order valence-electron chi connectivity index (χ2n) is 6.56. The lowest BCUT2D eigenvalue weighted by atomic mass is 10.3. The van der Waals surface area contributed by atoms with Gasteiger partial charge >= 0.3 is 0 Å². The van der Waals surface area contributed by atoms with Gasteiger partial charge < -0.3 is 5.32 Å². The normalized spacial score (nSPS) is 12.0. The van der Waals surface area contributed by atoms with Gasteiger partial charge in [-0.15, -0.1) is 11.3 Å². The number of pyridine rings is 1. The van der Waals surface area contributed by atoms with Crippen LogP contribution in [0.2, 0.25) is 5.02 Å². The molecule has 1 amide bonds. The maximum atomic E-state index is 12.7. The van der Waals surface area contributed by atoms with Crippen molar-refractivity contribution in [1.82, 2.24) is 13.7 Å². The number of hydrogen-bond acceptors (Lipinski definition) is 6. The van der Waals surface area contributed by atoms with Crippen molar-refractivity contribution in [2.75, 3.05) is 19.4 Å². The molecule has 0 radical (unpaired) electrons. The molecule has 0 aliphatic rings. The number of anilines is 1. The maximum Gasteiger partial charge on any atom is 0.266 e. The highest BCUT2D eigenvalue weighted by Gasteiger charge is 2.22. The fourth-order valence-corrected chi connectivity index (χ4v) is 5.15. The van der Waals surface area contributed by atoms with E-state index in [1.807, 2.05) is 0 Å². The number of benzene rings is 1. The van der Waals surface area contributed by atoms with Gasteiger partial charge in [-0.3, -0.25) is 14.0 Å². The topological polar surface area (TPSA) is 101 Å². The first-order valence-corrected chi connectivity index (χ1v) is 11.3. The molecule has 0 saturated heterocycles. The highest BCUT2D eigenvalue weighted by molar-refractivity contribution is 7.89. The summed E-state index contributed by atoms with van der Waals surface area (Å²) in [5.41, 5.74) is 0.480. The average Bonchev–Trinajstić information content (AvgIpc) is 3.14. The number of carbonyl (C=O) groups excluding carboxylic acids is 1. The lowest BCUT2D eigenvalue weighted by Gasteiger charge is -2.14. The van der Waals surface area contributed by atoms with Crippen molar-refractivity contribution in [1.29, 1.82) is 0 Å². The Morgan fingerprint density at radius 3 is 2.70 bits per heavy atom. The number of carbonyl (C=O) groups is 1. The first-order chi connectivity index (χ1) is 14.2. The summed E-state index contributed by atoms with van der Waals surface area (Å²) in [7, 11) is -0.995. The molecule has 0 fully saturated rings. The highest BCUT2D eigenvalue weighted by Crippen LogP contribution is 2.28. The van der Waals surface area contributed by atoms with Gasteiger partial charge in [0.25, 0.3) is 11.5 Å². The number of sulfonamides is 1. The molecule has 0 atom stereocenters. The highest BCUT2D eigenvalue weighted by atomic mass is 35.5. The molecule has 0 saturated carbocycles. The van der Waals surface area contributed by atoms with Crippen molar-refractivity contribution in [2.45, 2.75) is 4.90 Å². The Balaban J connectivity index is 1.71. The van der Waals surface area contributed by atoms with Crippen LogP contribution >= 0.6 is 22.9 Å². The van der Waals surface area contributed by atoms with Gasteiger partial charge in [-0.25, -0.2) is 17.7 Å². The van der Waals surface area contributed by atoms with Crippen LogP contribution in [0.5, 0.6) is 0 Å². The lowest BCUT2D eigenvalue weighted by molar-refractivity contribution is 0.103. The van der Waals surface area contributed by atoms with Gasteiger partial charge in [0.15, 0.2) is 0 Å². The predicted molar refractivity (Wildman–Crippen MR) is 117 cm³/mol. The Hall–Kier alpha value is -2.79. The fourth-order valence-electron chi connectivity index (χ4n) is 2.83. The maximum absolute atomic E-state index is 12.7. The summed E-state index contributed by atoms with van der Waals surface area (Å²) in [6, 6.07) is 10.9. The van der Waals surface area contributed by atoms with E-state index >= 15 is 0 Å². The molecular formula is C19H15ClN4O4S2. The van der Waals surface area contributed by atoms with Gasteiger partial charge in [0.1, 0.15) is 15.4 Å². The Kier molecular flexibility index (Phi) is 5.10. The minimum absolute atomic E-state index is 0.0486. The Labute approximate surface area is 180 Å². The van der Waals surface area contributed by atoms with Crippen molar-refractivity contribution < 1.29 is 13.2 Å². The number of rotatable bonds is 4. The SMILES string of the molecule is CN(C)S(=O)(=O)c1cc(NC(=O)c2cc3c(=O)n4ccccc4nc3s2)ccc1Cl. The minimum atomic E-state index is -3.78. The Morgan fingerprint density at radius 2 is 1.97 bits per heavy atom. The molecule has 0 spiro atoms. The lowest BCUT2D eigenvalue weighted by Crippen LogP contribution is -2.22. The van der Waals surface area contributed by atoms with Crippen LogP contribution in [0.1, 0.15) is 9.67 Å². The molecule has 4 rings (SSSR count). The summed E-state index contributed by atoms with van der Waals surface area (Å²) in [5, 5.41) is 3.03. The van der Waals surface area contributed by atoms with Gasteiger partial charge in [0.2, 0.25) is 10.0 Å². The van der Waals surface area contributed by atoms with Gasteiger partial charge in [0, 0.05) is 26.0 Å². The molecule has 0 unspecified atom stereocenters. The predicted octanol–water partition coefficient (Wildman–Crippen LogP) is 3.07. The zero-order valence-electron chi connectivity index (χ0n) is 15.8. The van der Waals surface area contributed by atoms with Crippen LogP contribution in [-0.2, 0) is 10.0 Å². The van der Waals surface area contributed by atoms with Crippen molar-refractivity contribution in [3.63, 3.8) is 0 Å². The van der Waals surface area contributed by atoms with Gasteiger partial charge in [-0.2, -0.15) is 0 Å². The Morgan fingerprint density at radius 1 is 1.20 bits per heavy atom. The largest absolute Gasteiger partial charge is 0.321 e. The third kappa shape index (κ3) is 3.47. The molecule has 8 nitrogen and oxygen atoms in total. The molecule has 4 aromatic rings. The number of halogens is 1. The van der Waals surface area contributed by atoms with E-state index in [-0.39, 0.29) is 26.0 Å². The molecule has 1 aromatic carbocycles. The van der Waals surface area contributed by atoms with E-state index in [0.717, 1.165) is 15.6 Å². The quantitative estimate of drug-likeness (QED) is 0.502. The van der Waals surface area contributed by atoms with Crippen molar-refractivity contribution >= 4 is 60.4 Å². The summed E-state index contributed by atoms with van der Waals surface area (Å²) >= 11 is 7.12. The summed E-state index contributed by atoms with van der Waals surface area (Å²) < 4.78 is 27.3. The zero-order chi connectivity index (χ0) is 21.6. The van der Waals surface area contributed by atoms with E-state index in [2.05, 4.69) is 10.3 Å². The van der Waals surface area contributed by atoms with Crippen LogP contribution in [0.3, 0.4) is 0 Å². The number of fused-ring (bicyclic) bond motifs is 2. The van der Waals surface area contributed by atoms with Crippen LogP contribution in [0.4, 0.5) is 5.69 Å². The van der Waals surface area contributed by atoms with E-state index in [0.29, 0.717) is 15.9 Å². The summed E-state index contributed by atoms with van der Waals surface area (Å²) in [4.78, 5) is 30.4. The molecule has 0 aliphatic heterocycles. The first kappa shape index (κ1) is 20.5. The van der Waals surface area contributed by atoms with E-state index in [4.69, 9.17) is 11.6 Å². The summed E-state index contributed by atoms with van der Waals surface area (Å²) in [5.74, 6) is -0.484. The van der Waals surface area contributed by atoms with Crippen molar-refractivity contribution in [3.05, 3.63) is 68.9 Å². The number of nitrogens with zero attached hydrogens (tertiary/aromatic N) is 3. The van der Waals surface area contributed by atoms with Crippen LogP contribution < -0.4 is 10.9 Å². The molecule has 154 valence electrons. The first-order valence-electron chi connectivity index (χ1n) is 8.63. The second kappa shape index (κ2) is 7.47. The third-order valence-electron chi connectivity index (χ3n) is 4.39.